The number of carbonyl (C=O) groups is 3. The van der Waals surface area contributed by atoms with Crippen LogP contribution in [0, 0.1) is 12.3 Å². The van der Waals surface area contributed by atoms with Crippen molar-refractivity contribution in [2.24, 2.45) is 5.73 Å². The van der Waals surface area contributed by atoms with Crippen LogP contribution in [0.2, 0.25) is 0 Å². The Balaban J connectivity index is 2.14. The van der Waals surface area contributed by atoms with E-state index in [1.165, 1.54) is 13.0 Å². The Morgan fingerprint density at radius 2 is 1.61 bits per heavy atom. The molecule has 1 amide bonds. The van der Waals surface area contributed by atoms with Gasteiger partial charge >= 0.3 is 5.97 Å². The van der Waals surface area contributed by atoms with Crippen LogP contribution in [0.5, 0.6) is 0 Å². The number of nitrogen functional groups attached to an aromatic ring is 1. The first kappa shape index (κ1) is 23.1. The minimum absolute atomic E-state index is 0.0756. The number of nitrogens with two attached hydrogens (primary N) is 1. The van der Waals surface area contributed by atoms with Crippen LogP contribution >= 0.6 is 0 Å². The number of Topliss-reactive ketones (excluding diaryl/α,β-unsaturated/α-hetero) is 1. The maximum Gasteiger partial charge on any atom is 0.336 e. The number of carboxylic acid groups (broad SMARTS) is 1. The smallest absolute Gasteiger partial charge is 0.336 e. The lowest BCUT2D eigenvalue weighted by atomic mass is 9.90. The molecule has 3 aromatic carbocycles. The molecule has 0 atom stereocenters. The Hall–Kier alpha value is -4.52. The van der Waals surface area contributed by atoms with E-state index in [-0.39, 0.29) is 28.3 Å². The second-order valence-corrected chi connectivity index (χ2v) is 7.53. The topological polar surface area (TPSA) is 133 Å². The Bertz CT molecular complexity index is 1310. The largest absolute Gasteiger partial charge is 0.478 e. The Morgan fingerprint density at radius 1 is 0.970 bits per heavy atom. The first-order valence-electron chi connectivity index (χ1n) is 10.0. The lowest BCUT2D eigenvalue weighted by Gasteiger charge is -2.16. The number of aryl methyl sites for hydroxylation is 1. The van der Waals surface area contributed by atoms with E-state index in [0.29, 0.717) is 22.4 Å². The van der Waals surface area contributed by atoms with Gasteiger partial charge in [-0.15, -0.1) is 0 Å². The Morgan fingerprint density at radius 3 is 2.15 bits per heavy atom. The Kier molecular flexibility index (Phi) is 6.53. The van der Waals surface area contributed by atoms with Crippen molar-refractivity contribution in [2.75, 3.05) is 5.32 Å². The van der Waals surface area contributed by atoms with Crippen molar-refractivity contribution in [3.8, 4) is 11.1 Å². The van der Waals surface area contributed by atoms with Crippen LogP contribution < -0.4 is 11.1 Å². The summed E-state index contributed by atoms with van der Waals surface area (Å²) in [4.78, 5) is 37.0. The molecule has 33 heavy (non-hydrogen) atoms. The summed E-state index contributed by atoms with van der Waals surface area (Å²) in [6.45, 7) is 6.99. The van der Waals surface area contributed by atoms with Crippen molar-refractivity contribution in [2.45, 2.75) is 13.8 Å². The number of hydrogen-bond donors (Lipinski definition) is 4. The first-order valence-corrected chi connectivity index (χ1v) is 10.0. The van der Waals surface area contributed by atoms with Gasteiger partial charge in [0, 0.05) is 22.4 Å². The number of carbonyl (C=O) groups excluding carboxylic acids is 2. The number of amides is 1. The summed E-state index contributed by atoms with van der Waals surface area (Å²) < 4.78 is 0. The van der Waals surface area contributed by atoms with Gasteiger partial charge in [-0.1, -0.05) is 30.9 Å². The predicted molar refractivity (Wildman–Crippen MR) is 129 cm³/mol. The monoisotopic (exact) mass is 441 g/mol. The van der Waals surface area contributed by atoms with E-state index >= 15 is 0 Å². The zero-order chi connectivity index (χ0) is 24.3. The lowest BCUT2D eigenvalue weighted by Crippen LogP contribution is -2.15. The average molecular weight is 441 g/mol. The van der Waals surface area contributed by atoms with Gasteiger partial charge in [-0.05, 0) is 72.5 Å². The summed E-state index contributed by atoms with van der Waals surface area (Å²) in [6, 6.07) is 14.3. The predicted octanol–water partition coefficient (Wildman–Crippen LogP) is 4.74. The zero-order valence-corrected chi connectivity index (χ0v) is 18.2. The fourth-order valence-corrected chi connectivity index (χ4v) is 3.46. The number of amidine groups is 1. The summed E-state index contributed by atoms with van der Waals surface area (Å²) in [5.41, 5.74) is 9.22. The second kappa shape index (κ2) is 9.32. The van der Waals surface area contributed by atoms with Crippen molar-refractivity contribution >= 4 is 35.3 Å². The Labute approximate surface area is 191 Å². The molecule has 3 aromatic rings. The molecule has 7 nitrogen and oxygen atoms in total. The van der Waals surface area contributed by atoms with Gasteiger partial charge in [-0.2, -0.15) is 0 Å². The number of aromatic carboxylic acids is 1. The van der Waals surface area contributed by atoms with Crippen LogP contribution in [0.4, 0.5) is 5.69 Å². The quantitative estimate of drug-likeness (QED) is 0.239. The minimum atomic E-state index is -1.20. The summed E-state index contributed by atoms with van der Waals surface area (Å²) in [5.74, 6) is -1.99. The van der Waals surface area contributed by atoms with Crippen molar-refractivity contribution in [1.82, 2.24) is 0 Å². The molecule has 5 N–H and O–H groups in total. The van der Waals surface area contributed by atoms with Gasteiger partial charge in [0.1, 0.15) is 5.84 Å². The number of hydrogen-bond acceptors (Lipinski definition) is 4. The molecule has 0 bridgehead atoms. The zero-order valence-electron chi connectivity index (χ0n) is 18.2. The molecule has 0 aliphatic heterocycles. The summed E-state index contributed by atoms with van der Waals surface area (Å²) >= 11 is 0. The van der Waals surface area contributed by atoms with E-state index in [1.807, 2.05) is 6.92 Å². The van der Waals surface area contributed by atoms with Crippen LogP contribution in [0.3, 0.4) is 0 Å². The second-order valence-electron chi connectivity index (χ2n) is 7.53. The molecule has 0 radical (unpaired) electrons. The van der Waals surface area contributed by atoms with E-state index in [2.05, 4.69) is 11.9 Å². The van der Waals surface area contributed by atoms with Gasteiger partial charge in [0.25, 0.3) is 5.91 Å². The molecular formula is C26H23N3O4. The van der Waals surface area contributed by atoms with Crippen molar-refractivity contribution in [1.29, 1.82) is 5.41 Å². The van der Waals surface area contributed by atoms with Crippen LogP contribution in [0.25, 0.3) is 17.2 Å². The van der Waals surface area contributed by atoms with Gasteiger partial charge in [-0.3, -0.25) is 15.0 Å². The van der Waals surface area contributed by atoms with Crippen LogP contribution in [0.15, 0.2) is 61.2 Å². The van der Waals surface area contributed by atoms with Crippen LogP contribution in [-0.4, -0.2) is 28.6 Å². The SMILES string of the molecule is C=Cc1cc(C(=O)Nc2ccc(C(=N)N)cc2)c(-c2ccc(C(C)=O)cc2C(=O)O)cc1C. The fourth-order valence-electron chi connectivity index (χ4n) is 3.46. The lowest BCUT2D eigenvalue weighted by molar-refractivity contribution is 0.0697. The van der Waals surface area contributed by atoms with E-state index in [1.54, 1.807) is 54.6 Å². The molecule has 7 heteroatoms. The molecule has 0 spiro atoms. The standard InChI is InChI=1S/C26H23N3O4/c1-4-16-12-22(25(31)29-19-8-5-17(6-9-19)24(27)28)21(11-14(16)2)20-10-7-18(15(3)30)13-23(20)26(32)33/h4-13H,1H2,2-3H3,(H3,27,28)(H,29,31)(H,32,33). The van der Waals surface area contributed by atoms with Crippen molar-refractivity contribution < 1.29 is 19.5 Å². The highest BCUT2D eigenvalue weighted by atomic mass is 16.4. The van der Waals surface area contributed by atoms with E-state index < -0.39 is 11.9 Å². The molecule has 0 aromatic heterocycles. The van der Waals surface area contributed by atoms with E-state index in [0.717, 1.165) is 11.1 Å². The third-order valence-corrected chi connectivity index (χ3v) is 5.27. The third-order valence-electron chi connectivity index (χ3n) is 5.27. The normalized spacial score (nSPS) is 10.4. The minimum Gasteiger partial charge on any atom is -0.478 e. The fraction of sp³-hybridized carbons (Fsp3) is 0.0769. The van der Waals surface area contributed by atoms with Gasteiger partial charge in [0.2, 0.25) is 0 Å². The van der Waals surface area contributed by atoms with Crippen molar-refractivity contribution in [3.05, 3.63) is 94.6 Å². The molecular weight excluding hydrogens is 418 g/mol. The number of anilines is 1. The molecule has 3 rings (SSSR count). The maximum atomic E-state index is 13.2. The van der Waals surface area contributed by atoms with Crippen molar-refractivity contribution in [3.63, 3.8) is 0 Å². The molecule has 166 valence electrons. The first-order chi connectivity index (χ1) is 15.6. The maximum absolute atomic E-state index is 13.2. The molecule has 0 saturated carbocycles. The highest BCUT2D eigenvalue weighted by Crippen LogP contribution is 2.32. The van der Waals surface area contributed by atoms with E-state index in [9.17, 15) is 19.5 Å². The average Bonchev–Trinajstić information content (AvgIpc) is 2.78. The molecule has 0 aliphatic carbocycles. The third kappa shape index (κ3) is 4.88. The van der Waals surface area contributed by atoms with Gasteiger partial charge in [0.15, 0.2) is 5.78 Å². The van der Waals surface area contributed by atoms with Crippen LogP contribution in [-0.2, 0) is 0 Å². The molecule has 0 saturated heterocycles. The number of carboxylic acids is 1. The molecule has 0 heterocycles. The molecule has 0 fully saturated rings. The highest BCUT2D eigenvalue weighted by Gasteiger charge is 2.21. The summed E-state index contributed by atoms with van der Waals surface area (Å²) in [5, 5.41) is 20.1. The van der Waals surface area contributed by atoms with Gasteiger partial charge in [0.05, 0.1) is 5.56 Å². The molecule has 0 unspecified atom stereocenters. The molecule has 0 aliphatic rings. The summed E-state index contributed by atoms with van der Waals surface area (Å²) in [6.07, 6.45) is 1.62. The van der Waals surface area contributed by atoms with E-state index in [4.69, 9.17) is 11.1 Å². The van der Waals surface area contributed by atoms with Crippen LogP contribution in [0.1, 0.15) is 54.7 Å². The number of nitrogens with one attached hydrogen (secondary N) is 2. The number of rotatable bonds is 7. The van der Waals surface area contributed by atoms with Gasteiger partial charge < -0.3 is 16.2 Å². The van der Waals surface area contributed by atoms with Gasteiger partial charge in [-0.25, -0.2) is 4.79 Å². The highest BCUT2D eigenvalue weighted by molar-refractivity contribution is 6.11. The number of benzene rings is 3. The summed E-state index contributed by atoms with van der Waals surface area (Å²) in [7, 11) is 0. The number of ketones is 1.